The number of hydrogen-bond acceptors (Lipinski definition) is 4. The molecule has 1 aromatic carbocycles. The molecule has 1 unspecified atom stereocenters. The Morgan fingerprint density at radius 3 is 2.76 bits per heavy atom. The van der Waals surface area contributed by atoms with Crippen LogP contribution >= 0.6 is 0 Å². The van der Waals surface area contributed by atoms with Crippen LogP contribution in [0.4, 0.5) is 18.9 Å². The minimum atomic E-state index is -4.82. The maximum atomic E-state index is 12.3. The number of halogens is 3. The number of alkyl halides is 3. The Kier molecular flexibility index (Phi) is 4.26. The molecule has 1 aliphatic heterocycles. The van der Waals surface area contributed by atoms with Gasteiger partial charge in [0.05, 0.1) is 24.9 Å². The molecule has 8 heteroatoms. The molecule has 1 fully saturated rings. The molecule has 0 aromatic heterocycles. The van der Waals surface area contributed by atoms with Crippen molar-refractivity contribution in [3.8, 4) is 5.75 Å². The van der Waals surface area contributed by atoms with Crippen molar-refractivity contribution in [1.29, 1.82) is 0 Å². The summed E-state index contributed by atoms with van der Waals surface area (Å²) in [7, 11) is 0. The van der Waals surface area contributed by atoms with E-state index in [1.54, 1.807) is 4.90 Å². The van der Waals surface area contributed by atoms with Crippen LogP contribution in [-0.2, 0) is 4.74 Å². The summed E-state index contributed by atoms with van der Waals surface area (Å²) in [5.74, 6) is -0.815. The second-order valence-electron chi connectivity index (χ2n) is 4.72. The van der Waals surface area contributed by atoms with Crippen LogP contribution in [0, 0.1) is 0 Å². The van der Waals surface area contributed by atoms with Crippen LogP contribution in [0.2, 0.25) is 0 Å². The van der Waals surface area contributed by atoms with Crippen LogP contribution in [0.1, 0.15) is 17.3 Å². The lowest BCUT2D eigenvalue weighted by atomic mass is 10.1. The van der Waals surface area contributed by atoms with E-state index in [0.29, 0.717) is 19.8 Å². The predicted octanol–water partition coefficient (Wildman–Crippen LogP) is 2.03. The normalized spacial score (nSPS) is 19.4. The van der Waals surface area contributed by atoms with Gasteiger partial charge in [-0.15, -0.1) is 13.2 Å². The lowest BCUT2D eigenvalue weighted by molar-refractivity contribution is -0.274. The first-order valence-electron chi connectivity index (χ1n) is 6.32. The number of amides is 1. The number of carbonyl (C=O) groups excluding carboxylic acids is 1. The van der Waals surface area contributed by atoms with Gasteiger partial charge in [-0.2, -0.15) is 0 Å². The van der Waals surface area contributed by atoms with Crippen LogP contribution in [0.25, 0.3) is 0 Å². The van der Waals surface area contributed by atoms with Crippen LogP contribution in [0.3, 0.4) is 0 Å². The third-order valence-electron chi connectivity index (χ3n) is 3.11. The first kappa shape index (κ1) is 15.4. The van der Waals surface area contributed by atoms with E-state index >= 15 is 0 Å². The number of nitrogens with two attached hydrogens (primary N) is 1. The highest BCUT2D eigenvalue weighted by molar-refractivity contribution is 5.95. The number of carbonyl (C=O) groups is 1. The van der Waals surface area contributed by atoms with Crippen LogP contribution in [-0.4, -0.2) is 43.0 Å². The van der Waals surface area contributed by atoms with Gasteiger partial charge in [0.15, 0.2) is 5.75 Å². The Morgan fingerprint density at radius 1 is 1.48 bits per heavy atom. The highest BCUT2D eigenvalue weighted by Crippen LogP contribution is 2.29. The number of nitrogens with zero attached hydrogens (tertiary/aromatic N) is 1. The van der Waals surface area contributed by atoms with Crippen molar-refractivity contribution in [3.63, 3.8) is 0 Å². The standard InChI is InChI=1S/C13H15F3N2O3/c1-8-7-20-5-4-18(8)12(19)9-2-3-11(10(17)6-9)21-13(14,15)16/h2-3,6,8H,4-5,7,17H2,1H3. The molecule has 5 nitrogen and oxygen atoms in total. The molecule has 116 valence electrons. The Hall–Kier alpha value is -1.96. The minimum Gasteiger partial charge on any atom is -0.404 e. The van der Waals surface area contributed by atoms with Gasteiger partial charge < -0.3 is 20.1 Å². The number of benzene rings is 1. The summed E-state index contributed by atoms with van der Waals surface area (Å²) < 4.78 is 45.5. The molecule has 1 aliphatic rings. The zero-order valence-corrected chi connectivity index (χ0v) is 11.3. The third-order valence-corrected chi connectivity index (χ3v) is 3.11. The third kappa shape index (κ3) is 3.78. The highest BCUT2D eigenvalue weighted by Gasteiger charge is 2.32. The van der Waals surface area contributed by atoms with Crippen molar-refractivity contribution in [2.75, 3.05) is 25.5 Å². The van der Waals surface area contributed by atoms with E-state index in [4.69, 9.17) is 10.5 Å². The summed E-state index contributed by atoms with van der Waals surface area (Å²) >= 11 is 0. The van der Waals surface area contributed by atoms with Crippen molar-refractivity contribution in [3.05, 3.63) is 23.8 Å². The van der Waals surface area contributed by atoms with Gasteiger partial charge in [0.25, 0.3) is 5.91 Å². The van der Waals surface area contributed by atoms with Crippen molar-refractivity contribution < 1.29 is 27.4 Å². The van der Waals surface area contributed by atoms with E-state index < -0.39 is 12.1 Å². The van der Waals surface area contributed by atoms with Gasteiger partial charge in [-0.25, -0.2) is 0 Å². The minimum absolute atomic E-state index is 0.0985. The lowest BCUT2D eigenvalue weighted by Gasteiger charge is -2.33. The Labute approximate surface area is 119 Å². The van der Waals surface area contributed by atoms with E-state index in [1.165, 1.54) is 12.1 Å². The molecule has 0 saturated carbocycles. The molecule has 0 aliphatic carbocycles. The second-order valence-corrected chi connectivity index (χ2v) is 4.72. The van der Waals surface area contributed by atoms with Crippen molar-refractivity contribution in [2.24, 2.45) is 0 Å². The maximum absolute atomic E-state index is 12.3. The fraction of sp³-hybridized carbons (Fsp3) is 0.462. The summed E-state index contributed by atoms with van der Waals surface area (Å²) in [5.41, 5.74) is 5.49. The monoisotopic (exact) mass is 304 g/mol. The van der Waals surface area contributed by atoms with E-state index in [0.717, 1.165) is 6.07 Å². The molecule has 1 atom stereocenters. The number of nitrogen functional groups attached to an aromatic ring is 1. The fourth-order valence-corrected chi connectivity index (χ4v) is 2.09. The first-order chi connectivity index (χ1) is 9.78. The van der Waals surface area contributed by atoms with Crippen molar-refractivity contribution in [2.45, 2.75) is 19.3 Å². The van der Waals surface area contributed by atoms with Gasteiger partial charge in [0.2, 0.25) is 0 Å². The van der Waals surface area contributed by atoms with Crippen LogP contribution < -0.4 is 10.5 Å². The molecular weight excluding hydrogens is 289 g/mol. The van der Waals surface area contributed by atoms with Gasteiger partial charge in [0, 0.05) is 12.1 Å². The quantitative estimate of drug-likeness (QED) is 0.849. The van der Waals surface area contributed by atoms with Gasteiger partial charge in [-0.1, -0.05) is 0 Å². The molecule has 1 heterocycles. The SMILES string of the molecule is CC1COCCN1C(=O)c1ccc(OC(F)(F)F)c(N)c1. The van der Waals surface area contributed by atoms with Gasteiger partial charge >= 0.3 is 6.36 Å². The summed E-state index contributed by atoms with van der Waals surface area (Å²) in [6.45, 7) is 3.12. The molecule has 21 heavy (non-hydrogen) atoms. The van der Waals surface area contributed by atoms with Gasteiger partial charge in [-0.3, -0.25) is 4.79 Å². The molecule has 1 saturated heterocycles. The zero-order chi connectivity index (χ0) is 15.6. The Balaban J connectivity index is 2.17. The topological polar surface area (TPSA) is 64.8 Å². The molecule has 0 spiro atoms. The van der Waals surface area contributed by atoms with Crippen LogP contribution in [0.15, 0.2) is 18.2 Å². The van der Waals surface area contributed by atoms with Crippen molar-refractivity contribution in [1.82, 2.24) is 4.90 Å². The Morgan fingerprint density at radius 2 is 2.19 bits per heavy atom. The zero-order valence-electron chi connectivity index (χ0n) is 11.3. The van der Waals surface area contributed by atoms with E-state index in [2.05, 4.69) is 4.74 Å². The summed E-state index contributed by atoms with van der Waals surface area (Å²) in [5, 5.41) is 0. The van der Waals surface area contributed by atoms with Gasteiger partial charge in [-0.05, 0) is 25.1 Å². The van der Waals surface area contributed by atoms with E-state index in [9.17, 15) is 18.0 Å². The predicted molar refractivity (Wildman–Crippen MR) is 68.9 cm³/mol. The number of rotatable bonds is 2. The van der Waals surface area contributed by atoms with E-state index in [1.807, 2.05) is 6.92 Å². The largest absolute Gasteiger partial charge is 0.573 e. The number of hydrogen-bond donors (Lipinski definition) is 1. The van der Waals surface area contributed by atoms with E-state index in [-0.39, 0.29) is 23.2 Å². The average Bonchev–Trinajstić information content (AvgIpc) is 2.39. The molecule has 2 rings (SSSR count). The summed E-state index contributed by atoms with van der Waals surface area (Å²) in [4.78, 5) is 13.9. The molecule has 2 N–H and O–H groups in total. The first-order valence-corrected chi connectivity index (χ1v) is 6.32. The van der Waals surface area contributed by atoms with Crippen LogP contribution in [0.5, 0.6) is 5.75 Å². The number of ether oxygens (including phenoxy) is 2. The molecule has 1 aromatic rings. The fourth-order valence-electron chi connectivity index (χ4n) is 2.09. The van der Waals surface area contributed by atoms with Crippen molar-refractivity contribution >= 4 is 11.6 Å². The molecular formula is C13H15F3N2O3. The number of anilines is 1. The second kappa shape index (κ2) is 5.80. The smallest absolute Gasteiger partial charge is 0.404 e. The molecule has 1 amide bonds. The average molecular weight is 304 g/mol. The Bertz CT molecular complexity index is 534. The summed E-state index contributed by atoms with van der Waals surface area (Å²) in [6.07, 6.45) is -4.82. The molecule has 0 bridgehead atoms. The number of morpholine rings is 1. The van der Waals surface area contributed by atoms with Gasteiger partial charge in [0.1, 0.15) is 0 Å². The summed E-state index contributed by atoms with van der Waals surface area (Å²) in [6, 6.07) is 3.40. The molecule has 0 radical (unpaired) electrons. The maximum Gasteiger partial charge on any atom is 0.573 e. The highest BCUT2D eigenvalue weighted by atomic mass is 19.4. The lowest BCUT2D eigenvalue weighted by Crippen LogP contribution is -2.47.